The Hall–Kier alpha value is -0.570. The number of halogens is 1. The molecule has 3 heteroatoms. The van der Waals surface area contributed by atoms with Gasteiger partial charge in [0.05, 0.1) is 0 Å². The zero-order valence-electron chi connectivity index (χ0n) is 11.7. The molecule has 2 fully saturated rings. The predicted molar refractivity (Wildman–Crippen MR) is 80.6 cm³/mol. The predicted octanol–water partition coefficient (Wildman–Crippen LogP) is 3.62. The molecule has 1 unspecified atom stereocenters. The second-order valence-corrected chi connectivity index (χ2v) is 6.55. The molecular formula is C16H23ClN2. The molecule has 1 N–H and O–H groups in total. The normalized spacial score (nSPS) is 24.7. The Morgan fingerprint density at radius 2 is 1.89 bits per heavy atom. The minimum absolute atomic E-state index is 0.402. The van der Waals surface area contributed by atoms with E-state index in [0.29, 0.717) is 11.6 Å². The first-order valence-electron chi connectivity index (χ1n) is 7.43. The van der Waals surface area contributed by atoms with Gasteiger partial charge in [0.2, 0.25) is 0 Å². The maximum Gasteiger partial charge on any atom is 0.0406 e. The van der Waals surface area contributed by atoms with E-state index in [-0.39, 0.29) is 0 Å². The van der Waals surface area contributed by atoms with E-state index in [9.17, 15) is 0 Å². The van der Waals surface area contributed by atoms with E-state index in [1.165, 1.54) is 37.8 Å². The van der Waals surface area contributed by atoms with Crippen LogP contribution in [0.1, 0.15) is 44.2 Å². The molecule has 19 heavy (non-hydrogen) atoms. The highest BCUT2D eigenvalue weighted by molar-refractivity contribution is 6.30. The van der Waals surface area contributed by atoms with Gasteiger partial charge in [-0.1, -0.05) is 36.6 Å². The van der Waals surface area contributed by atoms with Gasteiger partial charge in [-0.2, -0.15) is 0 Å². The fraction of sp³-hybridized carbons (Fsp3) is 0.625. The van der Waals surface area contributed by atoms with Gasteiger partial charge in [0.25, 0.3) is 0 Å². The molecule has 1 aromatic rings. The lowest BCUT2D eigenvalue weighted by atomic mass is 9.93. The van der Waals surface area contributed by atoms with Gasteiger partial charge in [0, 0.05) is 36.2 Å². The average Bonchev–Trinajstić information content (AvgIpc) is 2.87. The average molecular weight is 279 g/mol. The lowest BCUT2D eigenvalue weighted by molar-refractivity contribution is 0.101. The summed E-state index contributed by atoms with van der Waals surface area (Å²) in [4.78, 5) is 2.63. The van der Waals surface area contributed by atoms with Crippen molar-refractivity contribution in [2.75, 3.05) is 19.6 Å². The summed E-state index contributed by atoms with van der Waals surface area (Å²) in [6.45, 7) is 5.78. The van der Waals surface area contributed by atoms with Crippen molar-refractivity contribution in [2.24, 2.45) is 0 Å². The Kier molecular flexibility index (Phi) is 3.84. The molecule has 1 saturated carbocycles. The Balaban J connectivity index is 1.72. The van der Waals surface area contributed by atoms with Crippen LogP contribution in [0.5, 0.6) is 0 Å². The largest absolute Gasteiger partial charge is 0.309 e. The minimum Gasteiger partial charge on any atom is -0.309 e. The maximum atomic E-state index is 5.98. The highest BCUT2D eigenvalue weighted by atomic mass is 35.5. The Labute approximate surface area is 121 Å². The van der Waals surface area contributed by atoms with Crippen LogP contribution < -0.4 is 5.32 Å². The van der Waals surface area contributed by atoms with Crippen molar-refractivity contribution >= 4 is 11.6 Å². The molecule has 0 radical (unpaired) electrons. The second kappa shape index (κ2) is 5.43. The van der Waals surface area contributed by atoms with Gasteiger partial charge in [-0.3, -0.25) is 4.90 Å². The van der Waals surface area contributed by atoms with Crippen LogP contribution in [-0.4, -0.2) is 30.1 Å². The first-order chi connectivity index (χ1) is 9.19. The first-order valence-corrected chi connectivity index (χ1v) is 7.81. The number of hydrogen-bond acceptors (Lipinski definition) is 2. The van der Waals surface area contributed by atoms with E-state index >= 15 is 0 Å². The molecule has 2 aliphatic rings. The summed E-state index contributed by atoms with van der Waals surface area (Å²) in [6, 6.07) is 8.81. The molecule has 1 aliphatic carbocycles. The van der Waals surface area contributed by atoms with Crippen LogP contribution in [0.25, 0.3) is 0 Å². The molecule has 1 spiro atoms. The van der Waals surface area contributed by atoms with E-state index in [2.05, 4.69) is 29.3 Å². The van der Waals surface area contributed by atoms with Crippen LogP contribution in [0.4, 0.5) is 0 Å². The zero-order chi connectivity index (χ0) is 13.3. The fourth-order valence-corrected chi connectivity index (χ4v) is 3.78. The van der Waals surface area contributed by atoms with E-state index in [0.717, 1.165) is 18.1 Å². The van der Waals surface area contributed by atoms with Crippen molar-refractivity contribution in [3.05, 3.63) is 34.9 Å². The summed E-state index contributed by atoms with van der Waals surface area (Å²) >= 11 is 5.98. The van der Waals surface area contributed by atoms with Gasteiger partial charge in [-0.05, 0) is 37.5 Å². The Bertz CT molecular complexity index is 423. The van der Waals surface area contributed by atoms with Crippen molar-refractivity contribution in [1.82, 2.24) is 10.2 Å². The van der Waals surface area contributed by atoms with Gasteiger partial charge in [-0.25, -0.2) is 0 Å². The van der Waals surface area contributed by atoms with Gasteiger partial charge in [0.1, 0.15) is 0 Å². The maximum absolute atomic E-state index is 5.98. The second-order valence-electron chi connectivity index (χ2n) is 6.11. The summed E-state index contributed by atoms with van der Waals surface area (Å²) in [7, 11) is 0. The van der Waals surface area contributed by atoms with Gasteiger partial charge in [-0.15, -0.1) is 0 Å². The van der Waals surface area contributed by atoms with E-state index in [4.69, 9.17) is 11.6 Å². The molecule has 1 aliphatic heterocycles. The fourth-order valence-electron chi connectivity index (χ4n) is 3.66. The summed E-state index contributed by atoms with van der Waals surface area (Å²) < 4.78 is 0. The summed E-state index contributed by atoms with van der Waals surface area (Å²) in [5.74, 6) is 0. The summed E-state index contributed by atoms with van der Waals surface area (Å²) in [5, 5.41) is 4.60. The molecule has 1 heterocycles. The third-order valence-electron chi connectivity index (χ3n) is 4.87. The Morgan fingerprint density at radius 1 is 1.21 bits per heavy atom. The molecule has 104 valence electrons. The van der Waals surface area contributed by atoms with Crippen molar-refractivity contribution in [3.63, 3.8) is 0 Å². The molecule has 1 atom stereocenters. The summed E-state index contributed by atoms with van der Waals surface area (Å²) in [6.07, 6.45) is 5.46. The SMILES string of the molecule is CC(c1ccc(Cl)cc1)N1CCNC2(CCCC2)C1. The molecule has 1 saturated heterocycles. The first kappa shape index (κ1) is 13.4. The van der Waals surface area contributed by atoms with Gasteiger partial charge in [0.15, 0.2) is 0 Å². The summed E-state index contributed by atoms with van der Waals surface area (Å²) in [5.41, 5.74) is 1.78. The van der Waals surface area contributed by atoms with Crippen molar-refractivity contribution in [1.29, 1.82) is 0 Å². The highest BCUT2D eigenvalue weighted by Gasteiger charge is 2.38. The molecule has 0 bridgehead atoms. The van der Waals surface area contributed by atoms with Crippen molar-refractivity contribution in [2.45, 2.75) is 44.2 Å². The third kappa shape index (κ3) is 2.81. The quantitative estimate of drug-likeness (QED) is 0.889. The van der Waals surface area contributed by atoms with Crippen LogP contribution in [0.15, 0.2) is 24.3 Å². The number of rotatable bonds is 2. The topological polar surface area (TPSA) is 15.3 Å². The lowest BCUT2D eigenvalue weighted by Gasteiger charge is -2.44. The molecular weight excluding hydrogens is 256 g/mol. The van der Waals surface area contributed by atoms with Crippen LogP contribution >= 0.6 is 11.6 Å². The number of benzene rings is 1. The van der Waals surface area contributed by atoms with E-state index in [1.54, 1.807) is 0 Å². The minimum atomic E-state index is 0.402. The lowest BCUT2D eigenvalue weighted by Crippen LogP contribution is -2.59. The van der Waals surface area contributed by atoms with Crippen LogP contribution in [0, 0.1) is 0 Å². The third-order valence-corrected chi connectivity index (χ3v) is 5.12. The van der Waals surface area contributed by atoms with Crippen LogP contribution in [0.2, 0.25) is 5.02 Å². The number of hydrogen-bond donors (Lipinski definition) is 1. The molecule has 0 aromatic heterocycles. The standard InChI is InChI=1S/C16H23ClN2/c1-13(14-4-6-15(17)7-5-14)19-11-10-18-16(12-19)8-2-3-9-16/h4-7,13,18H,2-3,8-12H2,1H3. The number of nitrogens with one attached hydrogen (secondary N) is 1. The van der Waals surface area contributed by atoms with Gasteiger partial charge >= 0.3 is 0 Å². The number of piperazine rings is 1. The van der Waals surface area contributed by atoms with Gasteiger partial charge < -0.3 is 5.32 Å². The van der Waals surface area contributed by atoms with Crippen LogP contribution in [0.3, 0.4) is 0 Å². The molecule has 2 nitrogen and oxygen atoms in total. The van der Waals surface area contributed by atoms with E-state index in [1.807, 2.05) is 12.1 Å². The molecule has 3 rings (SSSR count). The monoisotopic (exact) mass is 278 g/mol. The number of nitrogens with zero attached hydrogens (tertiary/aromatic N) is 1. The van der Waals surface area contributed by atoms with Crippen LogP contribution in [-0.2, 0) is 0 Å². The van der Waals surface area contributed by atoms with Crippen molar-refractivity contribution in [3.8, 4) is 0 Å². The van der Waals surface area contributed by atoms with E-state index < -0.39 is 0 Å². The molecule has 0 amide bonds. The molecule has 1 aromatic carbocycles. The smallest absolute Gasteiger partial charge is 0.0406 e. The zero-order valence-corrected chi connectivity index (χ0v) is 12.4. The Morgan fingerprint density at radius 3 is 2.58 bits per heavy atom. The van der Waals surface area contributed by atoms with Crippen molar-refractivity contribution < 1.29 is 0 Å². The highest BCUT2D eigenvalue weighted by Crippen LogP contribution is 2.34.